The maximum absolute atomic E-state index is 12.6. The van der Waals surface area contributed by atoms with Crippen molar-refractivity contribution in [2.24, 2.45) is 0 Å². The van der Waals surface area contributed by atoms with E-state index in [1.807, 2.05) is 0 Å². The number of hydrogen-bond acceptors (Lipinski definition) is 15. The van der Waals surface area contributed by atoms with Crippen LogP contribution in [0.3, 0.4) is 0 Å². The summed E-state index contributed by atoms with van der Waals surface area (Å²) in [4.78, 5) is 24.8. The van der Waals surface area contributed by atoms with E-state index in [2.05, 4.69) is 0 Å². The minimum atomic E-state index is -1.99. The predicted octanol–water partition coefficient (Wildman–Crippen LogP) is -4.03. The number of carbonyl (C=O) groups excluding carboxylic acids is 2. The molecule has 1 aromatic rings. The molecule has 0 aliphatic carbocycles. The summed E-state index contributed by atoms with van der Waals surface area (Å²) in [5.74, 6) is -2.82. The van der Waals surface area contributed by atoms with Crippen molar-refractivity contribution in [1.29, 1.82) is 0 Å². The monoisotopic (exact) mass is 563 g/mol. The van der Waals surface area contributed by atoms with Crippen molar-refractivity contribution >= 4 is 17.6 Å². The number of aromatic hydroxyl groups is 1. The number of carbonyl (C=O) groups is 2. The molecule has 0 saturated carbocycles. The van der Waals surface area contributed by atoms with Gasteiger partial charge in [0, 0.05) is 5.69 Å². The Morgan fingerprint density at radius 3 is 2.26 bits per heavy atom. The number of nitrogens with zero attached hydrogens (tertiary/aromatic N) is 1. The van der Waals surface area contributed by atoms with Crippen molar-refractivity contribution in [3.8, 4) is 5.75 Å². The maximum atomic E-state index is 12.6. The normalized spacial score (nSPS) is 35.3. The van der Waals surface area contributed by atoms with Gasteiger partial charge in [-0.2, -0.15) is 0 Å². The van der Waals surface area contributed by atoms with Crippen LogP contribution in [-0.4, -0.2) is 148 Å². The molecule has 2 aliphatic rings. The number of benzene rings is 1. The number of nitrogens with two attached hydrogens (primary N) is 1. The fourth-order valence-electron chi connectivity index (χ4n) is 4.38. The van der Waals surface area contributed by atoms with E-state index in [9.17, 15) is 45.3 Å². The topological polar surface area (TPSA) is 248 Å². The van der Waals surface area contributed by atoms with Crippen LogP contribution in [0.5, 0.6) is 5.75 Å². The number of aliphatic hydroxyl groups excluding tert-OH is 6. The van der Waals surface area contributed by atoms with Gasteiger partial charge in [0.15, 0.2) is 18.4 Å². The van der Waals surface area contributed by atoms with Gasteiger partial charge in [0.05, 0.1) is 27.7 Å². The molecule has 0 bridgehead atoms. The van der Waals surface area contributed by atoms with Crippen LogP contribution >= 0.6 is 0 Å². The van der Waals surface area contributed by atoms with Gasteiger partial charge in [0.1, 0.15) is 47.9 Å². The summed E-state index contributed by atoms with van der Waals surface area (Å²) in [6, 6.07) is 2.66. The molecule has 2 fully saturated rings. The van der Waals surface area contributed by atoms with Crippen molar-refractivity contribution < 1.29 is 73.5 Å². The number of phenols is 1. The lowest BCUT2D eigenvalue weighted by atomic mass is 9.94. The molecule has 0 unspecified atom stereocenters. The maximum Gasteiger partial charge on any atom is 0.344 e. The second-order valence-corrected chi connectivity index (χ2v) is 10.1. The van der Waals surface area contributed by atoms with E-state index < -0.39 is 92.4 Å². The first-order valence-corrected chi connectivity index (χ1v) is 11.9. The first-order valence-electron chi connectivity index (χ1n) is 11.9. The molecule has 1 aromatic carbocycles. The molecule has 9 N–H and O–H groups in total. The number of nitrogen functional groups attached to an aromatic ring is 1. The highest BCUT2D eigenvalue weighted by atomic mass is 16.7. The highest BCUT2D eigenvalue weighted by Gasteiger charge is 2.55. The van der Waals surface area contributed by atoms with E-state index in [4.69, 9.17) is 29.4 Å². The molecule has 0 radical (unpaired) electrons. The van der Waals surface area contributed by atoms with Crippen LogP contribution in [0.4, 0.5) is 5.69 Å². The summed E-state index contributed by atoms with van der Waals surface area (Å²) in [6.07, 6.45) is -15.3. The van der Waals surface area contributed by atoms with Gasteiger partial charge in [-0.1, -0.05) is 0 Å². The number of phenolic OH excluding ortho intramolecular Hbond substituents is 1. The average Bonchev–Trinajstić information content (AvgIpc) is 2.86. The van der Waals surface area contributed by atoms with Crippen LogP contribution in [-0.2, 0) is 28.5 Å². The smallest absolute Gasteiger partial charge is 0.344 e. The molecule has 220 valence electrons. The molecule has 0 aromatic heterocycles. The molecule has 2 saturated heterocycles. The van der Waals surface area contributed by atoms with Gasteiger partial charge in [-0.15, -0.1) is 0 Å². The number of likely N-dealkylation sites (N-methyl/N-ethyl adjacent to an activating group) is 1. The minimum absolute atomic E-state index is 0.0194. The Balaban J connectivity index is 1.70. The molecule has 39 heavy (non-hydrogen) atoms. The summed E-state index contributed by atoms with van der Waals surface area (Å²) >= 11 is 0. The van der Waals surface area contributed by atoms with Crippen LogP contribution < -0.4 is 5.73 Å². The van der Waals surface area contributed by atoms with Gasteiger partial charge < -0.3 is 69.6 Å². The second-order valence-electron chi connectivity index (χ2n) is 10.1. The Bertz CT molecular complexity index is 1020. The standard InChI is InChI=1S/C23H34N2O14/c1-25(2,3)13-18(14(28)12(7-26)37-21(13)33)38-23-17(31)15(29)16(30)19(39-23)22(34)36-8-35-20(32)10-6-9(24)4-5-11(10)27/h4-6,12-19,21,23,26,28-31,33H,7-8,24H2,1-3H3/p+1/t12-,13-,14-,15+,16+,17-,18-,19+,21-,23-/m1/s1. The third kappa shape index (κ3) is 6.75. The molecule has 16 nitrogen and oxygen atoms in total. The Kier molecular flexibility index (Phi) is 9.71. The van der Waals surface area contributed by atoms with Gasteiger partial charge in [-0.05, 0) is 18.2 Å². The zero-order valence-electron chi connectivity index (χ0n) is 21.4. The van der Waals surface area contributed by atoms with E-state index in [1.165, 1.54) is 6.07 Å². The molecule has 10 atom stereocenters. The molecule has 0 amide bonds. The Morgan fingerprint density at radius 1 is 0.974 bits per heavy atom. The number of esters is 2. The quantitative estimate of drug-likeness (QED) is 0.0493. The Morgan fingerprint density at radius 2 is 1.64 bits per heavy atom. The largest absolute Gasteiger partial charge is 0.507 e. The van der Waals surface area contributed by atoms with E-state index in [0.717, 1.165) is 12.1 Å². The summed E-state index contributed by atoms with van der Waals surface area (Å²) in [5.41, 5.74) is 5.44. The number of aliphatic hydroxyl groups is 6. The van der Waals surface area contributed by atoms with Crippen LogP contribution in [0.2, 0.25) is 0 Å². The van der Waals surface area contributed by atoms with Crippen LogP contribution in [0.25, 0.3) is 0 Å². The van der Waals surface area contributed by atoms with Crippen molar-refractivity contribution in [1.82, 2.24) is 0 Å². The van der Waals surface area contributed by atoms with Gasteiger partial charge in [-0.25, -0.2) is 9.59 Å². The third-order valence-electron chi connectivity index (χ3n) is 6.46. The molecule has 2 heterocycles. The van der Waals surface area contributed by atoms with Gasteiger partial charge in [0.25, 0.3) is 0 Å². The van der Waals surface area contributed by atoms with E-state index in [1.54, 1.807) is 21.1 Å². The number of rotatable bonds is 8. The van der Waals surface area contributed by atoms with Gasteiger partial charge in [0.2, 0.25) is 13.1 Å². The van der Waals surface area contributed by atoms with Crippen LogP contribution in [0.1, 0.15) is 10.4 Å². The number of ether oxygens (including phenoxy) is 5. The fourth-order valence-corrected chi connectivity index (χ4v) is 4.38. The van der Waals surface area contributed by atoms with Crippen molar-refractivity contribution in [3.63, 3.8) is 0 Å². The van der Waals surface area contributed by atoms with Crippen molar-refractivity contribution in [2.45, 2.75) is 61.3 Å². The minimum Gasteiger partial charge on any atom is -0.507 e. The second kappa shape index (κ2) is 12.3. The lowest BCUT2D eigenvalue weighted by Gasteiger charge is -2.49. The van der Waals surface area contributed by atoms with Gasteiger partial charge >= 0.3 is 11.9 Å². The molecular formula is C23H35N2O14+. The van der Waals surface area contributed by atoms with Crippen LogP contribution in [0, 0.1) is 0 Å². The lowest BCUT2D eigenvalue weighted by Crippen LogP contribution is -2.70. The Labute approximate surface area is 222 Å². The van der Waals surface area contributed by atoms with E-state index in [-0.39, 0.29) is 15.7 Å². The molecule has 2 aliphatic heterocycles. The fraction of sp³-hybridized carbons (Fsp3) is 0.652. The third-order valence-corrected chi connectivity index (χ3v) is 6.46. The Hall–Kier alpha value is -2.64. The summed E-state index contributed by atoms with van der Waals surface area (Å²) in [6.45, 7) is -1.66. The average molecular weight is 564 g/mol. The summed E-state index contributed by atoms with van der Waals surface area (Å²) in [5, 5.41) is 71.7. The van der Waals surface area contributed by atoms with E-state index in [0.29, 0.717) is 0 Å². The zero-order chi connectivity index (χ0) is 29.2. The highest BCUT2D eigenvalue weighted by molar-refractivity contribution is 5.93. The van der Waals surface area contributed by atoms with E-state index >= 15 is 0 Å². The number of anilines is 1. The van der Waals surface area contributed by atoms with Crippen molar-refractivity contribution in [3.05, 3.63) is 23.8 Å². The van der Waals surface area contributed by atoms with Crippen LogP contribution in [0.15, 0.2) is 18.2 Å². The zero-order valence-corrected chi connectivity index (χ0v) is 21.4. The number of quaternary nitrogens is 1. The lowest BCUT2D eigenvalue weighted by molar-refractivity contribution is -0.910. The summed E-state index contributed by atoms with van der Waals surface area (Å²) in [7, 11) is 4.96. The molecular weight excluding hydrogens is 528 g/mol. The van der Waals surface area contributed by atoms with Crippen molar-refractivity contribution in [2.75, 3.05) is 40.3 Å². The predicted molar refractivity (Wildman–Crippen MR) is 126 cm³/mol. The first kappa shape index (κ1) is 30.9. The summed E-state index contributed by atoms with van der Waals surface area (Å²) < 4.78 is 25.9. The highest BCUT2D eigenvalue weighted by Crippen LogP contribution is 2.32. The molecule has 3 rings (SSSR count). The SMILES string of the molecule is C[N+](C)(C)[C@@H]1[C@@H](O[C@@H]2O[C@H](C(=O)OCOC(=O)c3cc(N)ccc3O)[C@@H](O)[C@H](O)[C@H]2O)[C@H](O)[C@@H](CO)O[C@H]1O. The molecule has 0 spiro atoms. The number of hydrogen-bond donors (Lipinski definition) is 8. The molecule has 16 heteroatoms. The first-order chi connectivity index (χ1) is 18.2. The van der Waals surface area contributed by atoms with Gasteiger partial charge in [-0.3, -0.25) is 0 Å².